The standard InChI is InChI=1S/C18H18Cl2N4O2/c19-15-9-14(4-1-11(15)10-21)26-13-5-2-12(3-6-13)22-18(25)16-7-8-17(20)24-23-16/h1,4,8-9,12-13,16H,2-3,5-7H2,(H,22,25). The minimum Gasteiger partial charge on any atom is -0.490 e. The molecule has 0 aromatic heterocycles. The second kappa shape index (κ2) is 8.52. The van der Waals surface area contributed by atoms with Crippen molar-refractivity contribution in [3.63, 3.8) is 0 Å². The molecule has 1 unspecified atom stereocenters. The number of halogens is 2. The molecular formula is C18H18Cl2N4O2. The van der Waals surface area contributed by atoms with Crippen molar-refractivity contribution in [2.75, 3.05) is 0 Å². The first-order valence-corrected chi connectivity index (χ1v) is 9.24. The summed E-state index contributed by atoms with van der Waals surface area (Å²) in [6, 6.07) is 6.73. The Morgan fingerprint density at radius 3 is 2.65 bits per heavy atom. The van der Waals surface area contributed by atoms with Gasteiger partial charge in [-0.3, -0.25) is 4.79 Å². The van der Waals surface area contributed by atoms with Gasteiger partial charge in [-0.05, 0) is 43.9 Å². The van der Waals surface area contributed by atoms with E-state index in [-0.39, 0.29) is 18.1 Å². The Bertz CT molecular complexity index is 780. The van der Waals surface area contributed by atoms with Crippen molar-refractivity contribution in [3.8, 4) is 11.8 Å². The Morgan fingerprint density at radius 1 is 1.27 bits per heavy atom. The topological polar surface area (TPSA) is 86.8 Å². The van der Waals surface area contributed by atoms with Crippen LogP contribution in [0, 0.1) is 11.3 Å². The van der Waals surface area contributed by atoms with Crippen molar-refractivity contribution >= 4 is 29.1 Å². The summed E-state index contributed by atoms with van der Waals surface area (Å²) < 4.78 is 5.95. The number of benzene rings is 1. The minimum absolute atomic E-state index is 0.0725. The van der Waals surface area contributed by atoms with E-state index < -0.39 is 6.04 Å². The molecule has 1 N–H and O–H groups in total. The fraction of sp³-hybridized carbons (Fsp3) is 0.444. The molecule has 0 spiro atoms. The minimum atomic E-state index is -0.493. The Morgan fingerprint density at radius 2 is 2.04 bits per heavy atom. The molecule has 6 nitrogen and oxygen atoms in total. The van der Waals surface area contributed by atoms with Crippen LogP contribution in [0.5, 0.6) is 5.75 Å². The van der Waals surface area contributed by atoms with E-state index in [1.165, 1.54) is 0 Å². The van der Waals surface area contributed by atoms with Crippen LogP contribution in [-0.2, 0) is 4.79 Å². The summed E-state index contributed by atoms with van der Waals surface area (Å²) in [6.07, 6.45) is 5.59. The predicted octanol–water partition coefficient (Wildman–Crippen LogP) is 4.32. The summed E-state index contributed by atoms with van der Waals surface area (Å²) in [4.78, 5) is 12.2. The van der Waals surface area contributed by atoms with Crippen molar-refractivity contribution < 1.29 is 9.53 Å². The van der Waals surface area contributed by atoms with Gasteiger partial charge in [-0.25, -0.2) is 0 Å². The average Bonchev–Trinajstić information content (AvgIpc) is 2.64. The molecule has 8 heteroatoms. The lowest BCUT2D eigenvalue weighted by Gasteiger charge is -2.30. The van der Waals surface area contributed by atoms with Gasteiger partial charge in [-0.15, -0.1) is 5.11 Å². The van der Waals surface area contributed by atoms with Gasteiger partial charge in [0.1, 0.15) is 17.0 Å². The highest BCUT2D eigenvalue weighted by atomic mass is 35.5. The molecule has 1 amide bonds. The Kier molecular flexibility index (Phi) is 6.12. The maximum Gasteiger partial charge on any atom is 0.247 e. The van der Waals surface area contributed by atoms with Gasteiger partial charge in [0.15, 0.2) is 6.04 Å². The van der Waals surface area contributed by atoms with Gasteiger partial charge in [0.05, 0.1) is 16.7 Å². The Balaban J connectivity index is 1.46. The van der Waals surface area contributed by atoms with Crippen molar-refractivity contribution in [1.82, 2.24) is 5.32 Å². The molecule has 1 aromatic rings. The van der Waals surface area contributed by atoms with E-state index in [0.29, 0.717) is 27.9 Å². The van der Waals surface area contributed by atoms with Crippen LogP contribution in [0.15, 0.2) is 39.7 Å². The van der Waals surface area contributed by atoms with Gasteiger partial charge < -0.3 is 10.1 Å². The number of azo groups is 1. The maximum atomic E-state index is 12.2. The zero-order valence-electron chi connectivity index (χ0n) is 14.0. The number of amides is 1. The highest BCUT2D eigenvalue weighted by Crippen LogP contribution is 2.27. The number of rotatable bonds is 4. The normalized spacial score (nSPS) is 25.1. The number of carbonyl (C=O) groups excluding carboxylic acids is 1. The van der Waals surface area contributed by atoms with Crippen LogP contribution in [0.25, 0.3) is 0 Å². The zero-order valence-corrected chi connectivity index (χ0v) is 15.5. The molecule has 1 fully saturated rings. The molecule has 1 aliphatic heterocycles. The third kappa shape index (κ3) is 4.75. The zero-order chi connectivity index (χ0) is 18.5. The number of carbonyl (C=O) groups is 1. The average molecular weight is 393 g/mol. The van der Waals surface area contributed by atoms with E-state index in [1.54, 1.807) is 24.3 Å². The number of ether oxygens (including phenoxy) is 1. The van der Waals surface area contributed by atoms with Crippen LogP contribution in [0.1, 0.15) is 37.7 Å². The predicted molar refractivity (Wildman–Crippen MR) is 98.2 cm³/mol. The van der Waals surface area contributed by atoms with Crippen LogP contribution in [-0.4, -0.2) is 24.1 Å². The second-order valence-electron chi connectivity index (χ2n) is 6.35. The van der Waals surface area contributed by atoms with E-state index >= 15 is 0 Å². The van der Waals surface area contributed by atoms with Crippen LogP contribution in [0.3, 0.4) is 0 Å². The van der Waals surface area contributed by atoms with E-state index in [2.05, 4.69) is 15.5 Å². The van der Waals surface area contributed by atoms with E-state index in [4.69, 9.17) is 33.2 Å². The number of nitriles is 1. The van der Waals surface area contributed by atoms with Gasteiger partial charge in [-0.1, -0.05) is 23.2 Å². The molecule has 3 rings (SSSR count). The Hall–Kier alpha value is -2.10. The SMILES string of the molecule is N#Cc1ccc(OC2CCC(NC(=O)C3CC=C(Cl)N=N3)CC2)cc1Cl. The lowest BCUT2D eigenvalue weighted by atomic mass is 9.92. The molecule has 2 aliphatic rings. The third-order valence-corrected chi connectivity index (χ3v) is 5.03. The Labute approximate surface area is 161 Å². The molecule has 26 heavy (non-hydrogen) atoms. The second-order valence-corrected chi connectivity index (χ2v) is 7.14. The highest BCUT2D eigenvalue weighted by Gasteiger charge is 2.27. The largest absolute Gasteiger partial charge is 0.490 e. The third-order valence-electron chi connectivity index (χ3n) is 4.49. The fourth-order valence-corrected chi connectivity index (χ4v) is 3.40. The van der Waals surface area contributed by atoms with Crippen molar-refractivity contribution in [2.45, 2.75) is 50.3 Å². The van der Waals surface area contributed by atoms with Crippen molar-refractivity contribution in [3.05, 3.63) is 40.0 Å². The smallest absolute Gasteiger partial charge is 0.247 e. The molecule has 136 valence electrons. The van der Waals surface area contributed by atoms with Crippen molar-refractivity contribution in [1.29, 1.82) is 5.26 Å². The van der Waals surface area contributed by atoms with Gasteiger partial charge in [0.25, 0.3) is 0 Å². The van der Waals surface area contributed by atoms with Crippen LogP contribution in [0.4, 0.5) is 0 Å². The molecule has 0 radical (unpaired) electrons. The number of hydrogen-bond acceptors (Lipinski definition) is 5. The maximum absolute atomic E-state index is 12.2. The molecular weight excluding hydrogens is 375 g/mol. The fourth-order valence-electron chi connectivity index (χ4n) is 3.06. The molecule has 1 atom stereocenters. The monoisotopic (exact) mass is 392 g/mol. The first-order valence-electron chi connectivity index (χ1n) is 8.48. The molecule has 1 aromatic carbocycles. The summed E-state index contributed by atoms with van der Waals surface area (Å²) in [7, 11) is 0. The quantitative estimate of drug-likeness (QED) is 0.773. The van der Waals surface area contributed by atoms with Gasteiger partial charge in [0, 0.05) is 18.5 Å². The summed E-state index contributed by atoms with van der Waals surface area (Å²) in [5.74, 6) is 0.546. The number of hydrogen-bond donors (Lipinski definition) is 1. The summed E-state index contributed by atoms with van der Waals surface area (Å²) in [5, 5.41) is 20.3. The van der Waals surface area contributed by atoms with Crippen LogP contribution < -0.4 is 10.1 Å². The van der Waals surface area contributed by atoms with Gasteiger partial charge >= 0.3 is 0 Å². The molecule has 0 bridgehead atoms. The summed E-state index contributed by atoms with van der Waals surface area (Å²) in [5.41, 5.74) is 0.432. The number of nitrogens with one attached hydrogen (secondary N) is 1. The lowest BCUT2D eigenvalue weighted by Crippen LogP contribution is -2.43. The first-order chi connectivity index (χ1) is 12.5. The van der Waals surface area contributed by atoms with E-state index in [1.807, 2.05) is 6.07 Å². The summed E-state index contributed by atoms with van der Waals surface area (Å²) >= 11 is 11.8. The first kappa shape index (κ1) is 18.7. The molecule has 1 heterocycles. The molecule has 0 saturated heterocycles. The number of nitrogens with zero attached hydrogens (tertiary/aromatic N) is 3. The summed E-state index contributed by atoms with van der Waals surface area (Å²) in [6.45, 7) is 0. The van der Waals surface area contributed by atoms with E-state index in [9.17, 15) is 4.79 Å². The van der Waals surface area contributed by atoms with Crippen LogP contribution in [0.2, 0.25) is 5.02 Å². The van der Waals surface area contributed by atoms with Gasteiger partial charge in [0.2, 0.25) is 5.91 Å². The molecule has 1 saturated carbocycles. The van der Waals surface area contributed by atoms with E-state index in [0.717, 1.165) is 25.7 Å². The van der Waals surface area contributed by atoms with Crippen LogP contribution >= 0.6 is 23.2 Å². The van der Waals surface area contributed by atoms with Crippen molar-refractivity contribution in [2.24, 2.45) is 10.2 Å². The highest BCUT2D eigenvalue weighted by molar-refractivity contribution is 6.31. The lowest BCUT2D eigenvalue weighted by molar-refractivity contribution is -0.123. The van der Waals surface area contributed by atoms with Gasteiger partial charge in [-0.2, -0.15) is 10.4 Å². The molecule has 1 aliphatic carbocycles.